The fourth-order valence-electron chi connectivity index (χ4n) is 5.05. The summed E-state index contributed by atoms with van der Waals surface area (Å²) < 4.78 is 2.28. The first-order valence-electron chi connectivity index (χ1n) is 11.3. The van der Waals surface area contributed by atoms with Crippen molar-refractivity contribution in [2.75, 3.05) is 44.7 Å². The second kappa shape index (κ2) is 8.36. The quantitative estimate of drug-likeness (QED) is 0.652. The van der Waals surface area contributed by atoms with Crippen LogP contribution in [0, 0.1) is 0 Å². The number of hydrogen-bond acceptors (Lipinski definition) is 5. The Kier molecular flexibility index (Phi) is 5.44. The van der Waals surface area contributed by atoms with Gasteiger partial charge in [0.2, 0.25) is 0 Å². The Morgan fingerprint density at radius 2 is 1.97 bits per heavy atom. The molecule has 6 heteroatoms. The number of hydrogen-bond donors (Lipinski definition) is 0. The van der Waals surface area contributed by atoms with Crippen molar-refractivity contribution in [1.29, 1.82) is 0 Å². The first-order chi connectivity index (χ1) is 14.7. The van der Waals surface area contributed by atoms with E-state index in [0.717, 1.165) is 57.0 Å². The molecular formula is C24H32N6. The van der Waals surface area contributed by atoms with Crippen LogP contribution in [0.2, 0.25) is 0 Å². The molecule has 6 nitrogen and oxygen atoms in total. The van der Waals surface area contributed by atoms with Gasteiger partial charge in [-0.15, -0.1) is 0 Å². The number of imidazole rings is 1. The smallest absolute Gasteiger partial charge is 0.138 e. The Morgan fingerprint density at radius 3 is 2.80 bits per heavy atom. The van der Waals surface area contributed by atoms with Crippen LogP contribution in [0.5, 0.6) is 0 Å². The molecule has 0 radical (unpaired) electrons. The molecule has 3 aromatic rings. The highest BCUT2D eigenvalue weighted by molar-refractivity contribution is 5.53. The Hall–Kier alpha value is -2.44. The predicted octanol–water partition coefficient (Wildman–Crippen LogP) is 3.38. The molecule has 1 aliphatic heterocycles. The summed E-state index contributed by atoms with van der Waals surface area (Å²) in [6.07, 6.45) is 7.71. The number of likely N-dealkylation sites (N-methyl/N-ethyl adjacent to an activating group) is 1. The minimum Gasteiger partial charge on any atom is -0.355 e. The minimum atomic E-state index is 0.376. The van der Waals surface area contributed by atoms with E-state index in [1.165, 1.54) is 29.9 Å². The molecular weight excluding hydrogens is 372 g/mol. The highest BCUT2D eigenvalue weighted by Gasteiger charge is 2.25. The van der Waals surface area contributed by atoms with E-state index < -0.39 is 0 Å². The van der Waals surface area contributed by atoms with Crippen molar-refractivity contribution < 1.29 is 0 Å². The Morgan fingerprint density at radius 1 is 1.10 bits per heavy atom. The van der Waals surface area contributed by atoms with Gasteiger partial charge in [-0.3, -0.25) is 14.3 Å². The summed E-state index contributed by atoms with van der Waals surface area (Å²) in [7, 11) is 2.21. The fraction of sp³-hybridized carbons (Fsp3) is 0.500. The summed E-state index contributed by atoms with van der Waals surface area (Å²) in [6, 6.07) is 11.2. The van der Waals surface area contributed by atoms with Crippen LogP contribution in [-0.4, -0.2) is 63.9 Å². The highest BCUT2D eigenvalue weighted by atomic mass is 15.3. The second-order valence-corrected chi connectivity index (χ2v) is 8.64. The van der Waals surface area contributed by atoms with Gasteiger partial charge in [-0.2, -0.15) is 0 Å². The lowest BCUT2D eigenvalue weighted by Crippen LogP contribution is -2.46. The molecule has 5 rings (SSSR count). The Bertz CT molecular complexity index is 1000. The average molecular weight is 405 g/mol. The summed E-state index contributed by atoms with van der Waals surface area (Å²) in [4.78, 5) is 17.1. The first-order valence-corrected chi connectivity index (χ1v) is 11.3. The van der Waals surface area contributed by atoms with Crippen LogP contribution in [0.3, 0.4) is 0 Å². The zero-order valence-corrected chi connectivity index (χ0v) is 18.2. The third kappa shape index (κ3) is 3.70. The molecule has 0 aromatic carbocycles. The van der Waals surface area contributed by atoms with Gasteiger partial charge < -0.3 is 9.80 Å². The third-order valence-corrected chi connectivity index (χ3v) is 6.77. The summed E-state index contributed by atoms with van der Waals surface area (Å²) in [5.74, 6) is 1.26. The maximum Gasteiger partial charge on any atom is 0.138 e. The van der Waals surface area contributed by atoms with Crippen molar-refractivity contribution in [3.8, 4) is 0 Å². The SMILES string of the molecule is CCN1CCN(c2cccc3nc(CN(C)[C@H]4CCCc5cccnc54)cn23)CC1. The van der Waals surface area contributed by atoms with Crippen LogP contribution >= 0.6 is 0 Å². The predicted molar refractivity (Wildman–Crippen MR) is 121 cm³/mol. The molecule has 3 aromatic heterocycles. The number of rotatable bonds is 5. The Labute approximate surface area is 179 Å². The maximum atomic E-state index is 4.95. The molecule has 158 valence electrons. The number of nitrogens with zero attached hydrogens (tertiary/aromatic N) is 6. The molecule has 30 heavy (non-hydrogen) atoms. The maximum absolute atomic E-state index is 4.95. The minimum absolute atomic E-state index is 0.376. The van der Waals surface area contributed by atoms with Crippen LogP contribution in [0.25, 0.3) is 5.65 Å². The monoisotopic (exact) mass is 404 g/mol. The topological polar surface area (TPSA) is 39.9 Å². The van der Waals surface area contributed by atoms with E-state index in [0.29, 0.717) is 6.04 Å². The van der Waals surface area contributed by atoms with Crippen molar-refractivity contribution in [2.24, 2.45) is 0 Å². The van der Waals surface area contributed by atoms with Crippen molar-refractivity contribution in [2.45, 2.75) is 38.8 Å². The van der Waals surface area contributed by atoms with E-state index in [1.807, 2.05) is 6.20 Å². The molecule has 1 aliphatic carbocycles. The molecule has 2 aliphatic rings. The first kappa shape index (κ1) is 19.5. The lowest BCUT2D eigenvalue weighted by molar-refractivity contribution is 0.206. The fourth-order valence-corrected chi connectivity index (χ4v) is 5.05. The van der Waals surface area contributed by atoms with Crippen LogP contribution in [0.4, 0.5) is 5.82 Å². The standard InChI is InChI=1S/C24H32N6/c1-3-28-13-15-29(16-14-28)23-11-5-10-22-26-20(18-30(22)23)17-27(2)21-9-4-7-19-8-6-12-25-24(19)21/h5-6,8,10-12,18,21H,3-4,7,9,13-17H2,1-2H3/t21-/m0/s1. The van der Waals surface area contributed by atoms with Crippen LogP contribution in [0.15, 0.2) is 42.7 Å². The molecule has 0 N–H and O–H groups in total. The molecule has 0 bridgehead atoms. The molecule has 1 saturated heterocycles. The Balaban J connectivity index is 1.36. The normalized spacial score (nSPS) is 20.1. The number of aromatic nitrogens is 3. The summed E-state index contributed by atoms with van der Waals surface area (Å²) >= 11 is 0. The van der Waals surface area contributed by atoms with Gasteiger partial charge in [-0.05, 0) is 56.6 Å². The van der Waals surface area contributed by atoms with E-state index >= 15 is 0 Å². The lowest BCUT2D eigenvalue weighted by Gasteiger charge is -2.35. The van der Waals surface area contributed by atoms with Crippen molar-refractivity contribution in [1.82, 2.24) is 24.2 Å². The van der Waals surface area contributed by atoms with Gasteiger partial charge in [0.25, 0.3) is 0 Å². The number of piperazine rings is 1. The summed E-state index contributed by atoms with van der Waals surface area (Å²) in [5, 5.41) is 0. The number of anilines is 1. The van der Waals surface area contributed by atoms with Gasteiger partial charge in [-0.1, -0.05) is 19.1 Å². The molecule has 1 fully saturated rings. The summed E-state index contributed by atoms with van der Waals surface area (Å²) in [6.45, 7) is 8.63. The number of aryl methyl sites for hydroxylation is 1. The second-order valence-electron chi connectivity index (χ2n) is 8.64. The van der Waals surface area contributed by atoms with Crippen LogP contribution in [-0.2, 0) is 13.0 Å². The van der Waals surface area contributed by atoms with E-state index in [-0.39, 0.29) is 0 Å². The van der Waals surface area contributed by atoms with E-state index in [1.54, 1.807) is 0 Å². The molecule has 0 unspecified atom stereocenters. The zero-order chi connectivity index (χ0) is 20.5. The van der Waals surface area contributed by atoms with E-state index in [9.17, 15) is 0 Å². The number of fused-ring (bicyclic) bond motifs is 2. The molecule has 0 amide bonds. The zero-order valence-electron chi connectivity index (χ0n) is 18.2. The van der Waals surface area contributed by atoms with Gasteiger partial charge >= 0.3 is 0 Å². The summed E-state index contributed by atoms with van der Waals surface area (Å²) in [5.41, 5.74) is 4.82. The van der Waals surface area contributed by atoms with Gasteiger partial charge in [-0.25, -0.2) is 4.98 Å². The van der Waals surface area contributed by atoms with E-state index in [2.05, 4.69) is 69.6 Å². The number of pyridine rings is 2. The van der Waals surface area contributed by atoms with Crippen molar-refractivity contribution in [3.05, 3.63) is 59.7 Å². The van der Waals surface area contributed by atoms with Crippen LogP contribution < -0.4 is 4.90 Å². The average Bonchev–Trinajstić information content (AvgIpc) is 3.21. The van der Waals surface area contributed by atoms with Gasteiger partial charge in [0.1, 0.15) is 11.5 Å². The van der Waals surface area contributed by atoms with Crippen LogP contribution in [0.1, 0.15) is 42.8 Å². The van der Waals surface area contributed by atoms with E-state index in [4.69, 9.17) is 9.97 Å². The van der Waals surface area contributed by atoms with Gasteiger partial charge in [0, 0.05) is 45.1 Å². The highest BCUT2D eigenvalue weighted by Crippen LogP contribution is 2.32. The molecule has 4 heterocycles. The lowest BCUT2D eigenvalue weighted by atomic mass is 9.91. The molecule has 0 spiro atoms. The van der Waals surface area contributed by atoms with Crippen molar-refractivity contribution in [3.63, 3.8) is 0 Å². The molecule has 1 atom stereocenters. The largest absolute Gasteiger partial charge is 0.355 e. The van der Waals surface area contributed by atoms with Gasteiger partial charge in [0.05, 0.1) is 17.4 Å². The van der Waals surface area contributed by atoms with Gasteiger partial charge in [0.15, 0.2) is 0 Å². The molecule has 0 saturated carbocycles. The van der Waals surface area contributed by atoms with Crippen molar-refractivity contribution >= 4 is 11.5 Å². The third-order valence-electron chi connectivity index (χ3n) is 6.77.